The number of thioether (sulfide) groups is 1. The lowest BCUT2D eigenvalue weighted by atomic mass is 10.1. The molecule has 0 fully saturated rings. The van der Waals surface area contributed by atoms with Gasteiger partial charge in [-0.05, 0) is 42.8 Å². The van der Waals surface area contributed by atoms with Gasteiger partial charge in [0.25, 0.3) is 5.56 Å². The molecule has 8 nitrogen and oxygen atoms in total. The summed E-state index contributed by atoms with van der Waals surface area (Å²) in [7, 11) is 0. The molecular weight excluding hydrogens is 450 g/mol. The van der Waals surface area contributed by atoms with Gasteiger partial charge in [-0.1, -0.05) is 53.7 Å². The first kappa shape index (κ1) is 21.7. The molecule has 2 aromatic heterocycles. The van der Waals surface area contributed by atoms with Crippen molar-refractivity contribution >= 4 is 45.3 Å². The number of nitrogens with one attached hydrogen (secondary N) is 3. The molecule has 0 saturated heterocycles. The monoisotopic (exact) mass is 471 g/mol. The van der Waals surface area contributed by atoms with Crippen LogP contribution in [0.25, 0.3) is 21.9 Å². The Morgan fingerprint density at radius 2 is 1.76 bits per heavy atom. The number of aromatic nitrogens is 4. The molecule has 0 spiro atoms. The molecule has 0 radical (unpaired) electrons. The molecule has 3 aromatic carbocycles. The third kappa shape index (κ3) is 4.51. The van der Waals surface area contributed by atoms with E-state index in [4.69, 9.17) is 0 Å². The number of hydrogen-bond acceptors (Lipinski definition) is 5. The molecule has 9 heteroatoms. The number of carbonyl (C=O) groups excluding carboxylic acids is 1. The van der Waals surface area contributed by atoms with E-state index >= 15 is 0 Å². The summed E-state index contributed by atoms with van der Waals surface area (Å²) in [6, 6.07) is 20.3. The molecule has 1 amide bonds. The van der Waals surface area contributed by atoms with Crippen LogP contribution in [0.5, 0.6) is 0 Å². The van der Waals surface area contributed by atoms with Gasteiger partial charge in [-0.2, -0.15) is 0 Å². The lowest BCUT2D eigenvalue weighted by Gasteiger charge is -2.13. The van der Waals surface area contributed by atoms with Crippen molar-refractivity contribution in [3.63, 3.8) is 0 Å². The van der Waals surface area contributed by atoms with Crippen molar-refractivity contribution < 1.29 is 4.79 Å². The number of H-pyrrole nitrogens is 2. The number of imidazole rings is 1. The highest BCUT2D eigenvalue weighted by atomic mass is 32.2. The van der Waals surface area contributed by atoms with Crippen molar-refractivity contribution in [3.05, 3.63) is 98.7 Å². The molecule has 170 valence electrons. The number of para-hydroxylation sites is 1. The fraction of sp³-hybridized carbons (Fsp3) is 0.120. The van der Waals surface area contributed by atoms with Crippen LogP contribution in [0.1, 0.15) is 11.1 Å². The zero-order valence-corrected chi connectivity index (χ0v) is 19.1. The van der Waals surface area contributed by atoms with Gasteiger partial charge < -0.3 is 15.3 Å². The van der Waals surface area contributed by atoms with E-state index in [2.05, 4.69) is 20.3 Å². The number of benzene rings is 3. The molecule has 0 aliphatic rings. The van der Waals surface area contributed by atoms with Crippen LogP contribution >= 0.6 is 11.8 Å². The van der Waals surface area contributed by atoms with E-state index in [9.17, 15) is 14.4 Å². The maximum absolute atomic E-state index is 13.3. The molecule has 5 rings (SSSR count). The van der Waals surface area contributed by atoms with E-state index in [1.165, 1.54) is 11.8 Å². The van der Waals surface area contributed by atoms with E-state index in [1.54, 1.807) is 34.9 Å². The third-order valence-corrected chi connectivity index (χ3v) is 6.40. The van der Waals surface area contributed by atoms with Crippen molar-refractivity contribution in [2.45, 2.75) is 18.6 Å². The van der Waals surface area contributed by atoms with Crippen LogP contribution < -0.4 is 16.6 Å². The van der Waals surface area contributed by atoms with E-state index < -0.39 is 0 Å². The number of aryl methyl sites for hydroxylation is 1. The quantitative estimate of drug-likeness (QED) is 0.258. The van der Waals surface area contributed by atoms with Gasteiger partial charge in [0.05, 0.1) is 34.2 Å². The number of amides is 1. The molecule has 0 bridgehead atoms. The van der Waals surface area contributed by atoms with Crippen LogP contribution in [0, 0.1) is 6.92 Å². The van der Waals surface area contributed by atoms with Gasteiger partial charge in [0, 0.05) is 5.69 Å². The lowest BCUT2D eigenvalue weighted by Crippen LogP contribution is -2.25. The van der Waals surface area contributed by atoms with Crippen LogP contribution in [0.2, 0.25) is 0 Å². The average Bonchev–Trinajstić information content (AvgIpc) is 3.20. The Hall–Kier alpha value is -4.11. The van der Waals surface area contributed by atoms with Gasteiger partial charge in [0.15, 0.2) is 5.16 Å². The van der Waals surface area contributed by atoms with Gasteiger partial charge in [-0.25, -0.2) is 9.78 Å². The fourth-order valence-electron chi connectivity index (χ4n) is 3.71. The summed E-state index contributed by atoms with van der Waals surface area (Å²) in [5.74, 6) is -0.174. The summed E-state index contributed by atoms with van der Waals surface area (Å²) in [6.45, 7) is 2.37. The van der Waals surface area contributed by atoms with Gasteiger partial charge >= 0.3 is 5.69 Å². The zero-order chi connectivity index (χ0) is 23.7. The van der Waals surface area contributed by atoms with Crippen LogP contribution in [0.4, 0.5) is 5.69 Å². The number of hydrogen-bond donors (Lipinski definition) is 3. The second kappa shape index (κ2) is 9.03. The molecule has 3 N–H and O–H groups in total. The molecular formula is C25H21N5O3S. The summed E-state index contributed by atoms with van der Waals surface area (Å²) in [5.41, 5.74) is 4.11. The number of nitrogens with zero attached hydrogens (tertiary/aromatic N) is 2. The highest BCUT2D eigenvalue weighted by Gasteiger charge is 2.14. The van der Waals surface area contributed by atoms with Crippen LogP contribution in [-0.2, 0) is 11.3 Å². The summed E-state index contributed by atoms with van der Waals surface area (Å²) < 4.78 is 1.61. The maximum Gasteiger partial charge on any atom is 0.323 e. The molecule has 0 saturated carbocycles. The Kier molecular flexibility index (Phi) is 5.77. The first-order chi connectivity index (χ1) is 16.5. The number of anilines is 1. The predicted octanol–water partition coefficient (Wildman–Crippen LogP) is 3.65. The van der Waals surface area contributed by atoms with Gasteiger partial charge in [0.2, 0.25) is 5.91 Å². The molecule has 0 aliphatic heterocycles. The topological polar surface area (TPSA) is 113 Å². The first-order valence-electron chi connectivity index (χ1n) is 10.7. The van der Waals surface area contributed by atoms with E-state index in [0.717, 1.165) is 11.1 Å². The predicted molar refractivity (Wildman–Crippen MR) is 135 cm³/mol. The Morgan fingerprint density at radius 3 is 2.59 bits per heavy atom. The first-order valence-corrected chi connectivity index (χ1v) is 11.6. The number of fused-ring (bicyclic) bond motifs is 2. The standard InChI is InChI=1S/C25H21N5O3S/c1-15-6-8-16(9-7-15)13-30-23(32)18-4-2-3-5-19(18)29-25(30)34-14-22(31)26-17-10-11-20-21(12-17)28-24(33)27-20/h2-12H,13-14H2,1H3,(H,26,31)(H2,27,28,33). The minimum absolute atomic E-state index is 0.0698. The van der Waals surface area contributed by atoms with Crippen LogP contribution in [-0.4, -0.2) is 31.2 Å². The molecule has 34 heavy (non-hydrogen) atoms. The SMILES string of the molecule is Cc1ccc(Cn2c(SCC(=O)Nc3ccc4[nH]c(=O)[nH]c4c3)nc3ccccc3c2=O)cc1. The third-order valence-electron chi connectivity index (χ3n) is 5.42. The van der Waals surface area contributed by atoms with Crippen molar-refractivity contribution in [2.24, 2.45) is 0 Å². The van der Waals surface area contributed by atoms with Gasteiger partial charge in [-0.3, -0.25) is 14.2 Å². The fourth-order valence-corrected chi connectivity index (χ4v) is 4.51. The molecule has 0 atom stereocenters. The van der Waals surface area contributed by atoms with E-state index in [1.807, 2.05) is 43.3 Å². The lowest BCUT2D eigenvalue weighted by molar-refractivity contribution is -0.113. The van der Waals surface area contributed by atoms with E-state index in [-0.39, 0.29) is 22.9 Å². The van der Waals surface area contributed by atoms with Crippen LogP contribution in [0.3, 0.4) is 0 Å². The highest BCUT2D eigenvalue weighted by molar-refractivity contribution is 7.99. The second-order valence-electron chi connectivity index (χ2n) is 7.96. The van der Waals surface area contributed by atoms with Crippen molar-refractivity contribution in [3.8, 4) is 0 Å². The van der Waals surface area contributed by atoms with Crippen molar-refractivity contribution in [1.82, 2.24) is 19.5 Å². The number of carbonyl (C=O) groups is 1. The summed E-state index contributed by atoms with van der Waals surface area (Å²) in [6.07, 6.45) is 0. The minimum atomic E-state index is -0.303. The van der Waals surface area contributed by atoms with E-state index in [0.29, 0.717) is 39.3 Å². The van der Waals surface area contributed by atoms with Gasteiger partial charge in [-0.15, -0.1) is 0 Å². The summed E-state index contributed by atoms with van der Waals surface area (Å²) >= 11 is 1.21. The molecule has 0 aliphatic carbocycles. The second-order valence-corrected chi connectivity index (χ2v) is 8.91. The number of aromatic amines is 2. The zero-order valence-electron chi connectivity index (χ0n) is 18.3. The Bertz CT molecular complexity index is 1630. The Labute approximate surface area is 198 Å². The highest BCUT2D eigenvalue weighted by Crippen LogP contribution is 2.20. The normalized spacial score (nSPS) is 11.2. The molecule has 2 heterocycles. The Balaban J connectivity index is 1.40. The van der Waals surface area contributed by atoms with Crippen molar-refractivity contribution in [2.75, 3.05) is 11.1 Å². The Morgan fingerprint density at radius 1 is 1.00 bits per heavy atom. The molecule has 0 unspecified atom stereocenters. The van der Waals surface area contributed by atoms with Gasteiger partial charge in [0.1, 0.15) is 0 Å². The summed E-state index contributed by atoms with van der Waals surface area (Å²) in [5, 5.41) is 3.85. The summed E-state index contributed by atoms with van der Waals surface area (Å²) in [4.78, 5) is 47.4. The maximum atomic E-state index is 13.3. The van der Waals surface area contributed by atoms with Crippen molar-refractivity contribution in [1.29, 1.82) is 0 Å². The minimum Gasteiger partial charge on any atom is -0.325 e. The number of rotatable bonds is 6. The molecule has 5 aromatic rings. The smallest absolute Gasteiger partial charge is 0.323 e. The van der Waals surface area contributed by atoms with Crippen LogP contribution in [0.15, 0.2) is 81.5 Å². The largest absolute Gasteiger partial charge is 0.325 e. The average molecular weight is 472 g/mol.